The molecule has 0 saturated carbocycles. The minimum atomic E-state index is -0.431. The Labute approximate surface area is 158 Å². The van der Waals surface area contributed by atoms with E-state index in [0.29, 0.717) is 31.2 Å². The Bertz CT molecular complexity index is 890. The van der Waals surface area contributed by atoms with Gasteiger partial charge in [-0.3, -0.25) is 9.69 Å². The van der Waals surface area contributed by atoms with Gasteiger partial charge in [0.1, 0.15) is 11.9 Å². The van der Waals surface area contributed by atoms with Gasteiger partial charge in [-0.15, -0.1) is 0 Å². The van der Waals surface area contributed by atoms with Crippen LogP contribution in [0.3, 0.4) is 0 Å². The molecule has 2 aromatic rings. The number of aromatic nitrogens is 1. The monoisotopic (exact) mass is 422 g/mol. The number of rotatable bonds is 2. The molecule has 2 aliphatic rings. The molecule has 130 valence electrons. The first-order valence-corrected chi connectivity index (χ1v) is 9.29. The summed E-state index contributed by atoms with van der Waals surface area (Å²) in [5, 5.41) is 1.53. The molecule has 2 aliphatic heterocycles. The van der Waals surface area contributed by atoms with E-state index >= 15 is 0 Å². The SMILES string of the molecule is CCN1C(=O)C2CN(c3ccc4cc(Br)cc(Cl)c4n3)CCN2C1=O. The van der Waals surface area contributed by atoms with Crippen molar-refractivity contribution in [2.24, 2.45) is 0 Å². The number of halogens is 2. The van der Waals surface area contributed by atoms with Crippen LogP contribution >= 0.6 is 27.5 Å². The highest BCUT2D eigenvalue weighted by Crippen LogP contribution is 2.30. The molecule has 4 rings (SSSR count). The fourth-order valence-electron chi connectivity index (χ4n) is 3.47. The van der Waals surface area contributed by atoms with E-state index in [1.807, 2.05) is 36.1 Å². The maximum Gasteiger partial charge on any atom is 0.327 e. The summed E-state index contributed by atoms with van der Waals surface area (Å²) in [6.07, 6.45) is 0. The number of piperazine rings is 1. The fraction of sp³-hybridized carbons (Fsp3) is 0.353. The Morgan fingerprint density at radius 3 is 2.84 bits per heavy atom. The predicted molar refractivity (Wildman–Crippen MR) is 99.9 cm³/mol. The lowest BCUT2D eigenvalue weighted by molar-refractivity contribution is -0.128. The minimum Gasteiger partial charge on any atom is -0.352 e. The highest BCUT2D eigenvalue weighted by atomic mass is 79.9. The number of carbonyl (C=O) groups is 2. The molecule has 1 unspecified atom stereocenters. The predicted octanol–water partition coefficient (Wildman–Crippen LogP) is 3.12. The first-order chi connectivity index (χ1) is 12.0. The molecule has 1 atom stereocenters. The number of hydrogen-bond acceptors (Lipinski definition) is 4. The van der Waals surface area contributed by atoms with E-state index in [1.165, 1.54) is 4.90 Å². The van der Waals surface area contributed by atoms with Gasteiger partial charge in [0.2, 0.25) is 0 Å². The maximum absolute atomic E-state index is 12.5. The Morgan fingerprint density at radius 1 is 1.28 bits per heavy atom. The molecule has 0 N–H and O–H groups in total. The van der Waals surface area contributed by atoms with Gasteiger partial charge in [0.15, 0.2) is 0 Å². The van der Waals surface area contributed by atoms with Gasteiger partial charge in [0, 0.05) is 36.0 Å². The van der Waals surface area contributed by atoms with Crippen LogP contribution in [0.5, 0.6) is 0 Å². The highest BCUT2D eigenvalue weighted by molar-refractivity contribution is 9.10. The molecule has 0 spiro atoms. The zero-order chi connectivity index (χ0) is 17.7. The van der Waals surface area contributed by atoms with E-state index in [4.69, 9.17) is 11.6 Å². The van der Waals surface area contributed by atoms with E-state index < -0.39 is 6.04 Å². The number of amides is 3. The van der Waals surface area contributed by atoms with Crippen molar-refractivity contribution in [3.63, 3.8) is 0 Å². The maximum atomic E-state index is 12.5. The van der Waals surface area contributed by atoms with Crippen molar-refractivity contribution in [1.82, 2.24) is 14.8 Å². The topological polar surface area (TPSA) is 56.8 Å². The highest BCUT2D eigenvalue weighted by Gasteiger charge is 2.47. The second-order valence-corrected chi connectivity index (χ2v) is 7.47. The van der Waals surface area contributed by atoms with Crippen LogP contribution < -0.4 is 4.90 Å². The average Bonchev–Trinajstić information content (AvgIpc) is 2.84. The lowest BCUT2D eigenvalue weighted by atomic mass is 10.1. The number of nitrogens with zero attached hydrogens (tertiary/aromatic N) is 4. The number of benzene rings is 1. The van der Waals surface area contributed by atoms with Crippen LogP contribution in [0.25, 0.3) is 10.9 Å². The third kappa shape index (κ3) is 2.66. The Hall–Kier alpha value is -1.86. The number of likely N-dealkylation sites (N-methyl/N-ethyl adjacent to an activating group) is 1. The summed E-state index contributed by atoms with van der Waals surface area (Å²) in [7, 11) is 0. The van der Waals surface area contributed by atoms with Gasteiger partial charge in [0.25, 0.3) is 5.91 Å². The van der Waals surface area contributed by atoms with Crippen LogP contribution in [0.2, 0.25) is 5.02 Å². The summed E-state index contributed by atoms with van der Waals surface area (Å²) in [5.74, 6) is 0.645. The van der Waals surface area contributed by atoms with Gasteiger partial charge in [0.05, 0.1) is 10.5 Å². The first-order valence-electron chi connectivity index (χ1n) is 8.12. The normalized spacial score (nSPS) is 20.6. The molecule has 8 heteroatoms. The summed E-state index contributed by atoms with van der Waals surface area (Å²) in [6.45, 7) is 3.83. The number of anilines is 1. The van der Waals surface area contributed by atoms with Crippen LogP contribution in [-0.4, -0.2) is 58.9 Å². The summed E-state index contributed by atoms with van der Waals surface area (Å²) >= 11 is 9.75. The van der Waals surface area contributed by atoms with E-state index in [1.54, 1.807) is 4.90 Å². The van der Waals surface area contributed by atoms with Crippen LogP contribution in [0.15, 0.2) is 28.7 Å². The second kappa shape index (κ2) is 6.14. The quantitative estimate of drug-likeness (QED) is 0.697. The molecule has 6 nitrogen and oxygen atoms in total. The standard InChI is InChI=1S/C17H16BrClN4O2/c1-2-22-16(24)13-9-21(5-6-23(13)17(22)25)14-4-3-10-7-11(18)8-12(19)15(10)20-14/h3-4,7-8,13H,2,5-6,9H2,1H3. The number of imide groups is 1. The van der Waals surface area contributed by atoms with Crippen molar-refractivity contribution in [3.05, 3.63) is 33.8 Å². The molecule has 25 heavy (non-hydrogen) atoms. The molecule has 0 radical (unpaired) electrons. The lowest BCUT2D eigenvalue weighted by Crippen LogP contribution is -2.53. The minimum absolute atomic E-state index is 0.125. The number of pyridine rings is 1. The van der Waals surface area contributed by atoms with E-state index in [0.717, 1.165) is 21.2 Å². The van der Waals surface area contributed by atoms with Gasteiger partial charge < -0.3 is 9.80 Å². The average molecular weight is 424 g/mol. The van der Waals surface area contributed by atoms with Crippen molar-refractivity contribution >= 4 is 56.2 Å². The Morgan fingerprint density at radius 2 is 2.08 bits per heavy atom. The smallest absolute Gasteiger partial charge is 0.327 e. The third-order valence-corrected chi connectivity index (χ3v) is 5.49. The van der Waals surface area contributed by atoms with Crippen molar-refractivity contribution in [2.75, 3.05) is 31.1 Å². The van der Waals surface area contributed by atoms with Gasteiger partial charge >= 0.3 is 6.03 Å². The van der Waals surface area contributed by atoms with Crippen LogP contribution in [0, 0.1) is 0 Å². The van der Waals surface area contributed by atoms with Crippen LogP contribution in [0.4, 0.5) is 10.6 Å². The van der Waals surface area contributed by atoms with Crippen molar-refractivity contribution < 1.29 is 9.59 Å². The molecule has 3 heterocycles. The lowest BCUT2D eigenvalue weighted by Gasteiger charge is -2.36. The molecular weight excluding hydrogens is 408 g/mol. The molecule has 3 amide bonds. The van der Waals surface area contributed by atoms with Gasteiger partial charge in [-0.1, -0.05) is 27.5 Å². The molecular formula is C17H16BrClN4O2. The van der Waals surface area contributed by atoms with Crippen molar-refractivity contribution in [3.8, 4) is 0 Å². The third-order valence-electron chi connectivity index (χ3n) is 4.74. The zero-order valence-corrected chi connectivity index (χ0v) is 15.9. The van der Waals surface area contributed by atoms with Gasteiger partial charge in [-0.25, -0.2) is 9.78 Å². The number of hydrogen-bond donors (Lipinski definition) is 0. The number of urea groups is 1. The zero-order valence-electron chi connectivity index (χ0n) is 13.6. The van der Waals surface area contributed by atoms with E-state index in [9.17, 15) is 9.59 Å². The Balaban J connectivity index is 1.65. The molecule has 2 fully saturated rings. The van der Waals surface area contributed by atoms with E-state index in [2.05, 4.69) is 20.9 Å². The van der Waals surface area contributed by atoms with Crippen LogP contribution in [-0.2, 0) is 4.79 Å². The molecule has 1 aromatic heterocycles. The fourth-order valence-corrected chi connectivity index (χ4v) is 4.35. The van der Waals surface area contributed by atoms with Gasteiger partial charge in [-0.2, -0.15) is 0 Å². The largest absolute Gasteiger partial charge is 0.352 e. The number of fused-ring (bicyclic) bond motifs is 2. The van der Waals surface area contributed by atoms with Gasteiger partial charge in [-0.05, 0) is 31.2 Å². The van der Waals surface area contributed by atoms with Crippen LogP contribution in [0.1, 0.15) is 6.92 Å². The van der Waals surface area contributed by atoms with Crippen molar-refractivity contribution in [2.45, 2.75) is 13.0 Å². The number of carbonyl (C=O) groups excluding carboxylic acids is 2. The molecule has 0 aliphatic carbocycles. The molecule has 2 saturated heterocycles. The Kier molecular flexibility index (Phi) is 4.08. The first kappa shape index (κ1) is 16.6. The molecule has 1 aromatic carbocycles. The van der Waals surface area contributed by atoms with Crippen molar-refractivity contribution in [1.29, 1.82) is 0 Å². The van der Waals surface area contributed by atoms with E-state index in [-0.39, 0.29) is 11.9 Å². The summed E-state index contributed by atoms with van der Waals surface area (Å²) in [5.41, 5.74) is 0.730. The summed E-state index contributed by atoms with van der Waals surface area (Å²) in [6, 6.07) is 7.07. The summed E-state index contributed by atoms with van der Waals surface area (Å²) in [4.78, 5) is 34.4. The summed E-state index contributed by atoms with van der Waals surface area (Å²) < 4.78 is 0.905. The second-order valence-electron chi connectivity index (χ2n) is 6.15. The molecule has 0 bridgehead atoms.